The summed E-state index contributed by atoms with van der Waals surface area (Å²) in [4.78, 5) is 10.9. The van der Waals surface area contributed by atoms with Gasteiger partial charge in [-0.15, -0.1) is 0 Å². The molecule has 0 heterocycles. The van der Waals surface area contributed by atoms with Gasteiger partial charge < -0.3 is 5.32 Å². The summed E-state index contributed by atoms with van der Waals surface area (Å²) in [6.07, 6.45) is 1.23. The zero-order valence-corrected chi connectivity index (χ0v) is 18.9. The number of nitrogens with zero attached hydrogens (tertiary/aromatic N) is 1. The maximum Gasteiger partial charge on any atom is 0.293 e. The lowest BCUT2D eigenvalue weighted by atomic mass is 10.0. The van der Waals surface area contributed by atoms with Crippen LogP contribution in [0.1, 0.15) is 18.4 Å². The predicted octanol–water partition coefficient (Wildman–Crippen LogP) is 6.12. The van der Waals surface area contributed by atoms with E-state index in [0.29, 0.717) is 34.1 Å². The Hall–Kier alpha value is -2.85. The molecular formula is C22H17BrF2N2O4S. The van der Waals surface area contributed by atoms with Gasteiger partial charge in [-0.1, -0.05) is 15.9 Å². The van der Waals surface area contributed by atoms with Crippen LogP contribution >= 0.6 is 15.9 Å². The van der Waals surface area contributed by atoms with Crippen LogP contribution in [0.3, 0.4) is 0 Å². The monoisotopic (exact) mass is 522 g/mol. The van der Waals surface area contributed by atoms with E-state index in [4.69, 9.17) is 0 Å². The third-order valence-electron chi connectivity index (χ3n) is 5.07. The molecule has 1 N–H and O–H groups in total. The van der Waals surface area contributed by atoms with E-state index < -0.39 is 26.4 Å². The number of anilines is 2. The predicted molar refractivity (Wildman–Crippen MR) is 122 cm³/mol. The standard InChI is InChI=1S/C22H17BrF2N2O4S/c23-15-1-6-21(22(10-15)27(28)29)26-17-8-13(12-32(30,31)18-3-4-18)7-14(9-17)19-5-2-16(24)11-20(19)25/h1-2,5-11,18,26H,3-4,12H2. The van der Waals surface area contributed by atoms with Crippen molar-refractivity contribution in [3.63, 3.8) is 0 Å². The first-order valence-corrected chi connectivity index (χ1v) is 12.2. The van der Waals surface area contributed by atoms with E-state index in [-0.39, 0.29) is 27.9 Å². The SMILES string of the molecule is O=[N+]([O-])c1cc(Br)ccc1Nc1cc(CS(=O)(=O)C2CC2)cc(-c2ccc(F)cc2F)c1. The van der Waals surface area contributed by atoms with Gasteiger partial charge in [0.15, 0.2) is 9.84 Å². The second-order valence-electron chi connectivity index (χ2n) is 7.59. The van der Waals surface area contributed by atoms with Crippen LogP contribution in [0.2, 0.25) is 0 Å². The van der Waals surface area contributed by atoms with Crippen molar-refractivity contribution in [1.82, 2.24) is 0 Å². The van der Waals surface area contributed by atoms with Gasteiger partial charge in [0.2, 0.25) is 0 Å². The van der Waals surface area contributed by atoms with E-state index >= 15 is 0 Å². The van der Waals surface area contributed by atoms with Crippen molar-refractivity contribution in [2.75, 3.05) is 5.32 Å². The van der Waals surface area contributed by atoms with Gasteiger partial charge in [-0.05, 0) is 66.4 Å². The Bertz CT molecular complexity index is 1330. The van der Waals surface area contributed by atoms with Crippen LogP contribution < -0.4 is 5.32 Å². The van der Waals surface area contributed by atoms with Gasteiger partial charge in [0.25, 0.3) is 5.69 Å². The molecule has 32 heavy (non-hydrogen) atoms. The average molecular weight is 523 g/mol. The fourth-order valence-corrected chi connectivity index (χ4v) is 5.49. The van der Waals surface area contributed by atoms with E-state index in [1.807, 2.05) is 0 Å². The van der Waals surface area contributed by atoms with Crippen molar-refractivity contribution in [3.05, 3.63) is 86.4 Å². The summed E-state index contributed by atoms with van der Waals surface area (Å²) in [6.45, 7) is 0. The highest BCUT2D eigenvalue weighted by molar-refractivity contribution is 9.10. The molecule has 3 aromatic carbocycles. The molecule has 0 radical (unpaired) electrons. The Morgan fingerprint density at radius 2 is 1.81 bits per heavy atom. The Kier molecular flexibility index (Phi) is 6.00. The molecule has 1 saturated carbocycles. The molecule has 1 fully saturated rings. The normalized spacial score (nSPS) is 13.7. The number of halogens is 3. The van der Waals surface area contributed by atoms with Crippen molar-refractivity contribution in [3.8, 4) is 11.1 Å². The summed E-state index contributed by atoms with van der Waals surface area (Å²) in [6, 6.07) is 12.2. The van der Waals surface area contributed by atoms with Crippen LogP contribution in [0.4, 0.5) is 25.8 Å². The van der Waals surface area contributed by atoms with Crippen molar-refractivity contribution in [1.29, 1.82) is 0 Å². The number of nitro groups is 1. The maximum absolute atomic E-state index is 14.4. The summed E-state index contributed by atoms with van der Waals surface area (Å²) >= 11 is 3.20. The van der Waals surface area contributed by atoms with Gasteiger partial charge in [0.1, 0.15) is 17.3 Å². The highest BCUT2D eigenvalue weighted by Gasteiger charge is 2.35. The molecule has 0 aliphatic heterocycles. The quantitative estimate of drug-likeness (QED) is 0.298. The van der Waals surface area contributed by atoms with Crippen LogP contribution in [0.25, 0.3) is 11.1 Å². The zero-order valence-electron chi connectivity index (χ0n) is 16.5. The third kappa shape index (κ3) is 4.97. The van der Waals surface area contributed by atoms with E-state index in [1.165, 1.54) is 30.3 Å². The highest BCUT2D eigenvalue weighted by Crippen LogP contribution is 2.36. The molecule has 10 heteroatoms. The van der Waals surface area contributed by atoms with Gasteiger partial charge in [-0.2, -0.15) is 0 Å². The second-order valence-corrected chi connectivity index (χ2v) is 10.8. The van der Waals surface area contributed by atoms with Gasteiger partial charge in [-0.25, -0.2) is 17.2 Å². The molecule has 0 aromatic heterocycles. The topological polar surface area (TPSA) is 89.3 Å². The number of benzene rings is 3. The summed E-state index contributed by atoms with van der Waals surface area (Å²) < 4.78 is 53.4. The van der Waals surface area contributed by atoms with Crippen molar-refractivity contribution in [2.24, 2.45) is 0 Å². The number of nitro benzene ring substituents is 1. The third-order valence-corrected chi connectivity index (χ3v) is 7.79. The van der Waals surface area contributed by atoms with Gasteiger partial charge in [-0.3, -0.25) is 10.1 Å². The van der Waals surface area contributed by atoms with Gasteiger partial charge in [0, 0.05) is 27.9 Å². The molecule has 0 saturated heterocycles. The molecule has 4 rings (SSSR count). The molecule has 0 spiro atoms. The lowest BCUT2D eigenvalue weighted by Crippen LogP contribution is -2.10. The highest BCUT2D eigenvalue weighted by atomic mass is 79.9. The molecule has 3 aromatic rings. The smallest absolute Gasteiger partial charge is 0.293 e. The van der Waals surface area contributed by atoms with Crippen LogP contribution in [0, 0.1) is 21.7 Å². The molecule has 1 aliphatic carbocycles. The minimum absolute atomic E-state index is 0.0884. The molecule has 166 valence electrons. The first-order valence-electron chi connectivity index (χ1n) is 9.64. The van der Waals surface area contributed by atoms with Crippen molar-refractivity contribution < 1.29 is 22.1 Å². The van der Waals surface area contributed by atoms with Gasteiger partial charge in [0.05, 0.1) is 15.9 Å². The number of sulfone groups is 1. The summed E-state index contributed by atoms with van der Waals surface area (Å²) in [5, 5.41) is 14.0. The molecule has 0 bridgehead atoms. The molecule has 0 unspecified atom stereocenters. The maximum atomic E-state index is 14.4. The average Bonchev–Trinajstić information content (AvgIpc) is 3.54. The van der Waals surface area contributed by atoms with Crippen LogP contribution in [-0.4, -0.2) is 18.6 Å². The first kappa shape index (κ1) is 22.3. The first-order chi connectivity index (χ1) is 15.1. The molecular weight excluding hydrogens is 506 g/mol. The van der Waals surface area contributed by atoms with Crippen LogP contribution in [0.5, 0.6) is 0 Å². The number of nitrogens with one attached hydrogen (secondary N) is 1. The Balaban J connectivity index is 1.79. The number of rotatable bonds is 7. The summed E-state index contributed by atoms with van der Waals surface area (Å²) in [5.74, 6) is -1.78. The lowest BCUT2D eigenvalue weighted by Gasteiger charge is -2.13. The van der Waals surface area contributed by atoms with E-state index in [0.717, 1.165) is 12.1 Å². The minimum atomic E-state index is -3.37. The Morgan fingerprint density at radius 1 is 1.06 bits per heavy atom. The number of hydrogen-bond acceptors (Lipinski definition) is 5. The van der Waals surface area contributed by atoms with E-state index in [2.05, 4.69) is 21.2 Å². The van der Waals surface area contributed by atoms with E-state index in [9.17, 15) is 27.3 Å². The fraction of sp³-hybridized carbons (Fsp3) is 0.182. The molecule has 0 amide bonds. The van der Waals surface area contributed by atoms with Crippen LogP contribution in [0.15, 0.2) is 59.1 Å². The van der Waals surface area contributed by atoms with Crippen molar-refractivity contribution in [2.45, 2.75) is 23.8 Å². The Morgan fingerprint density at radius 3 is 2.47 bits per heavy atom. The Labute approximate surface area is 191 Å². The second kappa shape index (κ2) is 8.59. The van der Waals surface area contributed by atoms with E-state index in [1.54, 1.807) is 12.1 Å². The largest absolute Gasteiger partial charge is 0.350 e. The lowest BCUT2D eigenvalue weighted by molar-refractivity contribution is -0.384. The fourth-order valence-electron chi connectivity index (χ4n) is 3.42. The molecule has 0 atom stereocenters. The van der Waals surface area contributed by atoms with Gasteiger partial charge >= 0.3 is 0 Å². The zero-order chi connectivity index (χ0) is 23.0. The van der Waals surface area contributed by atoms with Crippen molar-refractivity contribution >= 4 is 42.8 Å². The molecule has 1 aliphatic rings. The minimum Gasteiger partial charge on any atom is -0.350 e. The molecule has 6 nitrogen and oxygen atoms in total. The number of hydrogen-bond donors (Lipinski definition) is 1. The summed E-state index contributed by atoms with van der Waals surface area (Å²) in [5.41, 5.74) is 1.16. The van der Waals surface area contributed by atoms with Crippen LogP contribution in [-0.2, 0) is 15.6 Å². The summed E-state index contributed by atoms with van der Waals surface area (Å²) in [7, 11) is -3.37.